The van der Waals surface area contributed by atoms with Crippen LogP contribution in [0.15, 0.2) is 42.6 Å². The van der Waals surface area contributed by atoms with Crippen molar-refractivity contribution in [1.29, 1.82) is 0 Å². The third-order valence-electron chi connectivity index (χ3n) is 2.43. The lowest BCUT2D eigenvalue weighted by Crippen LogP contribution is -1.89. The number of benzene rings is 1. The number of nitrogens with zero attached hydrogens (tertiary/aromatic N) is 1. The van der Waals surface area contributed by atoms with Gasteiger partial charge in [-0.25, -0.2) is 0 Å². The molecule has 0 spiro atoms. The average molecular weight is 199 g/mol. The summed E-state index contributed by atoms with van der Waals surface area (Å²) in [6.07, 6.45) is 1.71. The van der Waals surface area contributed by atoms with Crippen LogP contribution in [0.25, 0.3) is 11.3 Å². The number of aliphatic hydroxyl groups is 1. The molecule has 2 rings (SSSR count). The summed E-state index contributed by atoms with van der Waals surface area (Å²) in [4.78, 5) is 4.32. The summed E-state index contributed by atoms with van der Waals surface area (Å²) in [6.45, 7) is 2.11. The zero-order chi connectivity index (χ0) is 10.7. The van der Waals surface area contributed by atoms with E-state index in [2.05, 4.69) is 24.0 Å². The highest BCUT2D eigenvalue weighted by Gasteiger charge is 2.01. The second-order valence-corrected chi connectivity index (χ2v) is 3.52. The molecule has 0 bridgehead atoms. The Morgan fingerprint density at radius 2 is 1.93 bits per heavy atom. The van der Waals surface area contributed by atoms with Crippen LogP contribution in [-0.4, -0.2) is 10.1 Å². The maximum absolute atomic E-state index is 8.91. The molecule has 0 aliphatic rings. The fourth-order valence-corrected chi connectivity index (χ4v) is 1.54. The minimum absolute atomic E-state index is 0.0427. The summed E-state index contributed by atoms with van der Waals surface area (Å²) in [5.74, 6) is 0. The third kappa shape index (κ3) is 2.05. The van der Waals surface area contributed by atoms with Crippen LogP contribution in [0.1, 0.15) is 11.1 Å². The first kappa shape index (κ1) is 9.87. The summed E-state index contributed by atoms with van der Waals surface area (Å²) in [5.41, 5.74) is 4.14. The van der Waals surface area contributed by atoms with Gasteiger partial charge in [-0.2, -0.15) is 0 Å². The van der Waals surface area contributed by atoms with Crippen LogP contribution in [0.3, 0.4) is 0 Å². The monoisotopic (exact) mass is 199 g/mol. The van der Waals surface area contributed by atoms with Gasteiger partial charge in [0.2, 0.25) is 0 Å². The van der Waals surface area contributed by atoms with E-state index in [1.165, 1.54) is 5.56 Å². The lowest BCUT2D eigenvalue weighted by molar-refractivity contribution is 0.281. The van der Waals surface area contributed by atoms with Crippen LogP contribution in [0.5, 0.6) is 0 Å². The van der Waals surface area contributed by atoms with E-state index in [1.54, 1.807) is 6.20 Å². The van der Waals surface area contributed by atoms with Gasteiger partial charge in [0.15, 0.2) is 0 Å². The van der Waals surface area contributed by atoms with Crippen LogP contribution in [0.2, 0.25) is 0 Å². The van der Waals surface area contributed by atoms with Crippen LogP contribution in [0, 0.1) is 6.92 Å². The molecule has 2 aromatic rings. The molecule has 76 valence electrons. The first-order chi connectivity index (χ1) is 7.31. The molecule has 0 radical (unpaired) electrons. The van der Waals surface area contributed by atoms with E-state index in [-0.39, 0.29) is 6.61 Å². The highest BCUT2D eigenvalue weighted by atomic mass is 16.3. The Balaban J connectivity index is 2.42. The van der Waals surface area contributed by atoms with Crippen molar-refractivity contribution in [2.24, 2.45) is 0 Å². The molecule has 0 fully saturated rings. The number of pyridine rings is 1. The zero-order valence-corrected chi connectivity index (χ0v) is 8.64. The van der Waals surface area contributed by atoms with Crippen molar-refractivity contribution >= 4 is 0 Å². The zero-order valence-electron chi connectivity index (χ0n) is 8.64. The van der Waals surface area contributed by atoms with E-state index in [0.29, 0.717) is 0 Å². The van der Waals surface area contributed by atoms with Gasteiger partial charge in [-0.3, -0.25) is 4.98 Å². The number of rotatable bonds is 2. The Bertz CT molecular complexity index is 448. The van der Waals surface area contributed by atoms with E-state index in [0.717, 1.165) is 16.8 Å². The second kappa shape index (κ2) is 4.24. The number of aryl methyl sites for hydroxylation is 1. The first-order valence-corrected chi connectivity index (χ1v) is 4.93. The number of hydrogen-bond donors (Lipinski definition) is 1. The Labute approximate surface area is 89.2 Å². The normalized spacial score (nSPS) is 10.3. The van der Waals surface area contributed by atoms with Gasteiger partial charge in [-0.05, 0) is 24.1 Å². The fourth-order valence-electron chi connectivity index (χ4n) is 1.54. The van der Waals surface area contributed by atoms with Crippen molar-refractivity contribution in [3.63, 3.8) is 0 Å². The van der Waals surface area contributed by atoms with Crippen molar-refractivity contribution in [1.82, 2.24) is 4.98 Å². The summed E-state index contributed by atoms with van der Waals surface area (Å²) in [6, 6.07) is 12.0. The molecule has 2 nitrogen and oxygen atoms in total. The minimum atomic E-state index is 0.0427. The van der Waals surface area contributed by atoms with Gasteiger partial charge in [-0.15, -0.1) is 0 Å². The van der Waals surface area contributed by atoms with Crippen molar-refractivity contribution in [3.05, 3.63) is 53.7 Å². The van der Waals surface area contributed by atoms with Crippen LogP contribution in [0.4, 0.5) is 0 Å². The van der Waals surface area contributed by atoms with Gasteiger partial charge in [0, 0.05) is 11.8 Å². The van der Waals surface area contributed by atoms with E-state index < -0.39 is 0 Å². The SMILES string of the molecule is Cc1ccccc1-c1ccc(CO)cn1. The maximum Gasteiger partial charge on any atom is 0.0704 e. The smallest absolute Gasteiger partial charge is 0.0704 e. The van der Waals surface area contributed by atoms with E-state index >= 15 is 0 Å². The molecule has 0 amide bonds. The van der Waals surface area contributed by atoms with Gasteiger partial charge in [-0.1, -0.05) is 30.3 Å². The Morgan fingerprint density at radius 1 is 1.13 bits per heavy atom. The summed E-state index contributed by atoms with van der Waals surface area (Å²) >= 11 is 0. The minimum Gasteiger partial charge on any atom is -0.392 e. The van der Waals surface area contributed by atoms with Crippen LogP contribution >= 0.6 is 0 Å². The Hall–Kier alpha value is -1.67. The molecule has 2 heteroatoms. The summed E-state index contributed by atoms with van der Waals surface area (Å²) in [7, 11) is 0. The Kier molecular flexibility index (Phi) is 2.79. The maximum atomic E-state index is 8.91. The molecule has 1 heterocycles. The topological polar surface area (TPSA) is 33.1 Å². The van der Waals surface area contributed by atoms with Crippen LogP contribution in [-0.2, 0) is 6.61 Å². The van der Waals surface area contributed by atoms with E-state index in [4.69, 9.17) is 5.11 Å². The van der Waals surface area contributed by atoms with Crippen molar-refractivity contribution < 1.29 is 5.11 Å². The number of hydrogen-bond acceptors (Lipinski definition) is 2. The predicted octanol–water partition coefficient (Wildman–Crippen LogP) is 2.55. The molecule has 0 saturated carbocycles. The van der Waals surface area contributed by atoms with Crippen molar-refractivity contribution in [3.8, 4) is 11.3 Å². The molecule has 0 aliphatic carbocycles. The third-order valence-corrected chi connectivity index (χ3v) is 2.43. The number of aromatic nitrogens is 1. The quantitative estimate of drug-likeness (QED) is 0.806. The fraction of sp³-hybridized carbons (Fsp3) is 0.154. The Morgan fingerprint density at radius 3 is 2.53 bits per heavy atom. The lowest BCUT2D eigenvalue weighted by atomic mass is 10.1. The van der Waals surface area contributed by atoms with Crippen molar-refractivity contribution in [2.75, 3.05) is 0 Å². The number of aliphatic hydroxyl groups excluding tert-OH is 1. The molecule has 1 aromatic heterocycles. The molecule has 15 heavy (non-hydrogen) atoms. The van der Waals surface area contributed by atoms with Gasteiger partial charge in [0.25, 0.3) is 0 Å². The molecule has 1 N–H and O–H groups in total. The second-order valence-electron chi connectivity index (χ2n) is 3.52. The van der Waals surface area contributed by atoms with Gasteiger partial charge in [0.1, 0.15) is 0 Å². The highest BCUT2D eigenvalue weighted by Crippen LogP contribution is 2.20. The largest absolute Gasteiger partial charge is 0.392 e. The van der Waals surface area contributed by atoms with E-state index in [1.807, 2.05) is 24.3 Å². The molecule has 0 saturated heterocycles. The first-order valence-electron chi connectivity index (χ1n) is 4.93. The molecular formula is C13H13NO. The van der Waals surface area contributed by atoms with Crippen molar-refractivity contribution in [2.45, 2.75) is 13.5 Å². The standard InChI is InChI=1S/C13H13NO/c1-10-4-2-3-5-12(10)13-7-6-11(9-15)8-14-13/h2-8,15H,9H2,1H3. The van der Waals surface area contributed by atoms with Crippen LogP contribution < -0.4 is 0 Å². The average Bonchev–Trinajstić information content (AvgIpc) is 2.30. The van der Waals surface area contributed by atoms with E-state index in [9.17, 15) is 0 Å². The lowest BCUT2D eigenvalue weighted by Gasteiger charge is -2.04. The summed E-state index contributed by atoms with van der Waals surface area (Å²) < 4.78 is 0. The summed E-state index contributed by atoms with van der Waals surface area (Å²) in [5, 5.41) is 8.91. The molecular weight excluding hydrogens is 186 g/mol. The highest BCUT2D eigenvalue weighted by molar-refractivity contribution is 5.63. The van der Waals surface area contributed by atoms with Gasteiger partial charge < -0.3 is 5.11 Å². The van der Waals surface area contributed by atoms with Gasteiger partial charge >= 0.3 is 0 Å². The predicted molar refractivity (Wildman–Crippen MR) is 60.3 cm³/mol. The molecule has 0 unspecified atom stereocenters. The molecule has 0 atom stereocenters. The molecule has 1 aromatic carbocycles. The van der Waals surface area contributed by atoms with Gasteiger partial charge in [0.05, 0.1) is 12.3 Å². The molecule has 0 aliphatic heterocycles.